The summed E-state index contributed by atoms with van der Waals surface area (Å²) in [6, 6.07) is 0. The molecule has 0 aliphatic rings. The summed E-state index contributed by atoms with van der Waals surface area (Å²) in [5.74, 6) is -2.20. The molecule has 0 spiro atoms. The number of unbranched alkanes of at least 4 members (excludes halogenated alkanes) is 1. The van der Waals surface area contributed by atoms with Crippen LogP contribution in [0.2, 0.25) is 0 Å². The number of aliphatic hydroxyl groups excluding tert-OH is 1. The first-order valence-corrected chi connectivity index (χ1v) is 3.41. The fourth-order valence-electron chi connectivity index (χ4n) is 0.158. The van der Waals surface area contributed by atoms with Gasteiger partial charge in [0.25, 0.3) is 0 Å². The summed E-state index contributed by atoms with van der Waals surface area (Å²) >= 11 is 0. The SMILES string of the molecule is CC(=O)C(=O)O.CCCCO. The zero-order chi connectivity index (χ0) is 9.28. The number of Topliss-reactive ketones (excluding diaryl/α,β-unsaturated/α-hetero) is 1. The van der Waals surface area contributed by atoms with Gasteiger partial charge in [0, 0.05) is 13.5 Å². The van der Waals surface area contributed by atoms with E-state index in [1.54, 1.807) is 0 Å². The summed E-state index contributed by atoms with van der Waals surface area (Å²) in [4.78, 5) is 18.9. The van der Waals surface area contributed by atoms with Crippen molar-refractivity contribution in [2.75, 3.05) is 6.61 Å². The Bertz CT molecular complexity index is 106. The average molecular weight is 162 g/mol. The van der Waals surface area contributed by atoms with E-state index < -0.39 is 11.8 Å². The first-order chi connectivity index (χ1) is 5.06. The second kappa shape index (κ2) is 9.10. The third-order valence-corrected chi connectivity index (χ3v) is 0.813. The van der Waals surface area contributed by atoms with Crippen molar-refractivity contribution in [2.24, 2.45) is 0 Å². The molecule has 0 radical (unpaired) electrons. The molecule has 4 nitrogen and oxygen atoms in total. The van der Waals surface area contributed by atoms with Gasteiger partial charge in [0.2, 0.25) is 5.78 Å². The van der Waals surface area contributed by atoms with Crippen molar-refractivity contribution in [2.45, 2.75) is 26.7 Å². The number of rotatable bonds is 3. The summed E-state index contributed by atoms with van der Waals surface area (Å²) in [6.07, 6.45) is 2.04. The highest BCUT2D eigenvalue weighted by Crippen LogP contribution is 1.78. The molecule has 11 heavy (non-hydrogen) atoms. The number of aliphatic hydroxyl groups is 1. The standard InChI is InChI=1S/C4H10O.C3H4O3/c1-2-3-4-5;1-2(4)3(5)6/h5H,2-4H2,1H3;1H3,(H,5,6). The molecule has 0 fully saturated rings. The maximum absolute atomic E-state index is 9.54. The zero-order valence-electron chi connectivity index (χ0n) is 6.83. The van der Waals surface area contributed by atoms with Crippen LogP contribution in [-0.2, 0) is 9.59 Å². The second-order valence-electron chi connectivity index (χ2n) is 1.94. The molecule has 4 heteroatoms. The van der Waals surface area contributed by atoms with Gasteiger partial charge in [-0.3, -0.25) is 4.79 Å². The Morgan fingerprint density at radius 2 is 1.73 bits per heavy atom. The van der Waals surface area contributed by atoms with E-state index >= 15 is 0 Å². The van der Waals surface area contributed by atoms with E-state index in [1.165, 1.54) is 0 Å². The number of carboxylic acids is 1. The monoisotopic (exact) mass is 162 g/mol. The van der Waals surface area contributed by atoms with E-state index in [2.05, 4.69) is 6.92 Å². The van der Waals surface area contributed by atoms with E-state index in [9.17, 15) is 9.59 Å². The minimum absolute atomic E-state index is 0.344. The molecular weight excluding hydrogens is 148 g/mol. The van der Waals surface area contributed by atoms with Crippen LogP contribution < -0.4 is 0 Å². The number of hydrogen-bond acceptors (Lipinski definition) is 3. The first kappa shape index (κ1) is 12.7. The maximum Gasteiger partial charge on any atom is 0.371 e. The second-order valence-corrected chi connectivity index (χ2v) is 1.94. The molecule has 0 rings (SSSR count). The number of hydrogen-bond donors (Lipinski definition) is 2. The van der Waals surface area contributed by atoms with Crippen molar-refractivity contribution >= 4 is 11.8 Å². The Balaban J connectivity index is 0. The van der Waals surface area contributed by atoms with Crippen LogP contribution in [0.3, 0.4) is 0 Å². The van der Waals surface area contributed by atoms with Crippen molar-refractivity contribution in [1.29, 1.82) is 0 Å². The average Bonchev–Trinajstić information content (AvgIpc) is 1.90. The fraction of sp³-hybridized carbons (Fsp3) is 0.714. The Morgan fingerprint density at radius 3 is 1.73 bits per heavy atom. The number of ketones is 1. The van der Waals surface area contributed by atoms with E-state index in [1.807, 2.05) is 0 Å². The summed E-state index contributed by atoms with van der Waals surface area (Å²) in [6.45, 7) is 3.40. The molecule has 0 saturated heterocycles. The largest absolute Gasteiger partial charge is 0.476 e. The maximum atomic E-state index is 9.54. The molecule has 0 unspecified atom stereocenters. The van der Waals surface area contributed by atoms with E-state index in [-0.39, 0.29) is 0 Å². The molecular formula is C7H14O4. The summed E-state index contributed by atoms with van der Waals surface area (Å²) in [7, 11) is 0. The Hall–Kier alpha value is -0.900. The summed E-state index contributed by atoms with van der Waals surface area (Å²) in [5, 5.41) is 15.7. The van der Waals surface area contributed by atoms with Crippen LogP contribution in [0.15, 0.2) is 0 Å². The number of aliphatic carboxylic acids is 1. The third kappa shape index (κ3) is 17.6. The van der Waals surface area contributed by atoms with E-state index in [0.717, 1.165) is 19.8 Å². The van der Waals surface area contributed by atoms with Crippen LogP contribution >= 0.6 is 0 Å². The van der Waals surface area contributed by atoms with Gasteiger partial charge < -0.3 is 10.2 Å². The smallest absolute Gasteiger partial charge is 0.371 e. The van der Waals surface area contributed by atoms with E-state index in [0.29, 0.717) is 6.61 Å². The minimum Gasteiger partial charge on any atom is -0.476 e. The molecule has 0 amide bonds. The first-order valence-electron chi connectivity index (χ1n) is 3.41. The van der Waals surface area contributed by atoms with Gasteiger partial charge in [0.05, 0.1) is 0 Å². The van der Waals surface area contributed by atoms with Crippen LogP contribution in [0.1, 0.15) is 26.7 Å². The molecule has 2 N–H and O–H groups in total. The molecule has 0 bridgehead atoms. The molecule has 0 atom stereocenters. The third-order valence-electron chi connectivity index (χ3n) is 0.813. The lowest BCUT2D eigenvalue weighted by molar-refractivity contribution is -0.148. The number of carbonyl (C=O) groups excluding carboxylic acids is 1. The fourth-order valence-corrected chi connectivity index (χ4v) is 0.158. The zero-order valence-corrected chi connectivity index (χ0v) is 6.83. The molecule has 0 aromatic carbocycles. The highest BCUT2D eigenvalue weighted by molar-refractivity contribution is 6.31. The molecule has 0 aliphatic carbocycles. The predicted octanol–water partition coefficient (Wildman–Crippen LogP) is 0.439. The summed E-state index contributed by atoms with van der Waals surface area (Å²) < 4.78 is 0. The van der Waals surface area contributed by atoms with Gasteiger partial charge in [0.15, 0.2) is 0 Å². The number of carbonyl (C=O) groups is 2. The topological polar surface area (TPSA) is 74.6 Å². The van der Waals surface area contributed by atoms with Crippen molar-refractivity contribution < 1.29 is 19.8 Å². The minimum atomic E-state index is -1.38. The van der Waals surface area contributed by atoms with Crippen LogP contribution in [0, 0.1) is 0 Å². The highest BCUT2D eigenvalue weighted by Gasteiger charge is 1.98. The Morgan fingerprint density at radius 1 is 1.36 bits per heavy atom. The van der Waals surface area contributed by atoms with Crippen molar-refractivity contribution in [3.8, 4) is 0 Å². The quantitative estimate of drug-likeness (QED) is 0.590. The van der Waals surface area contributed by atoms with E-state index in [4.69, 9.17) is 10.2 Å². The van der Waals surface area contributed by atoms with Crippen LogP contribution in [0.25, 0.3) is 0 Å². The molecule has 0 heterocycles. The van der Waals surface area contributed by atoms with Gasteiger partial charge in [-0.2, -0.15) is 0 Å². The van der Waals surface area contributed by atoms with Gasteiger partial charge in [-0.1, -0.05) is 13.3 Å². The van der Waals surface area contributed by atoms with Gasteiger partial charge in [-0.05, 0) is 6.42 Å². The van der Waals surface area contributed by atoms with Crippen molar-refractivity contribution in [3.63, 3.8) is 0 Å². The van der Waals surface area contributed by atoms with Gasteiger partial charge in [-0.25, -0.2) is 4.79 Å². The molecule has 0 saturated carbocycles. The summed E-state index contributed by atoms with van der Waals surface area (Å²) in [5.41, 5.74) is 0. The highest BCUT2D eigenvalue weighted by atomic mass is 16.4. The van der Waals surface area contributed by atoms with Gasteiger partial charge >= 0.3 is 5.97 Å². The van der Waals surface area contributed by atoms with Crippen LogP contribution in [0.5, 0.6) is 0 Å². The lowest BCUT2D eigenvalue weighted by atomic mass is 10.4. The molecule has 0 aromatic rings. The predicted molar refractivity (Wildman–Crippen MR) is 40.3 cm³/mol. The van der Waals surface area contributed by atoms with Crippen molar-refractivity contribution in [1.82, 2.24) is 0 Å². The van der Waals surface area contributed by atoms with Gasteiger partial charge in [-0.15, -0.1) is 0 Å². The molecule has 0 aromatic heterocycles. The van der Waals surface area contributed by atoms with Gasteiger partial charge in [0.1, 0.15) is 0 Å². The molecule has 66 valence electrons. The lowest BCUT2D eigenvalue weighted by Crippen LogP contribution is -2.05. The van der Waals surface area contributed by atoms with Crippen LogP contribution in [-0.4, -0.2) is 28.6 Å². The lowest BCUT2D eigenvalue weighted by Gasteiger charge is -1.79. The Kier molecular flexibility index (Phi) is 10.5. The normalized spacial score (nSPS) is 7.91. The number of carboxylic acid groups (broad SMARTS) is 1. The molecule has 0 aliphatic heterocycles. The van der Waals surface area contributed by atoms with Crippen LogP contribution in [0.4, 0.5) is 0 Å². The Labute approximate surface area is 65.8 Å². The van der Waals surface area contributed by atoms with Crippen molar-refractivity contribution in [3.05, 3.63) is 0 Å².